The van der Waals surface area contributed by atoms with E-state index in [9.17, 15) is 13.2 Å². The molecule has 2 aromatic heterocycles. The zero-order chi connectivity index (χ0) is 22.1. The van der Waals surface area contributed by atoms with Crippen LogP contribution in [0.1, 0.15) is 0 Å². The molecule has 5 aromatic rings. The minimum atomic E-state index is -3.69. The number of anilines is 1. The second kappa shape index (κ2) is 7.78. The minimum Gasteiger partial charge on any atom is -0.422 e. The Labute approximate surface area is 182 Å². The molecule has 0 unspecified atom stereocenters. The molecule has 9 heteroatoms. The minimum absolute atomic E-state index is 0.0355. The van der Waals surface area contributed by atoms with Crippen LogP contribution in [0, 0.1) is 0 Å². The van der Waals surface area contributed by atoms with E-state index in [0.717, 1.165) is 5.39 Å². The maximum absolute atomic E-state index is 12.5. The number of para-hydroxylation sites is 1. The van der Waals surface area contributed by atoms with Crippen molar-refractivity contribution >= 4 is 26.7 Å². The third-order valence-electron chi connectivity index (χ3n) is 4.75. The van der Waals surface area contributed by atoms with Gasteiger partial charge in [0, 0.05) is 16.6 Å². The van der Waals surface area contributed by atoms with E-state index >= 15 is 0 Å². The average molecular weight is 445 g/mol. The quantitative estimate of drug-likeness (QED) is 0.401. The summed E-state index contributed by atoms with van der Waals surface area (Å²) in [5.41, 5.74) is 1.03. The van der Waals surface area contributed by atoms with Crippen molar-refractivity contribution in [1.82, 2.24) is 10.1 Å². The number of rotatable bonds is 5. The van der Waals surface area contributed by atoms with Crippen LogP contribution in [0.5, 0.6) is 0 Å². The van der Waals surface area contributed by atoms with Gasteiger partial charge in [-0.25, -0.2) is 13.2 Å². The van der Waals surface area contributed by atoms with Gasteiger partial charge in [0.25, 0.3) is 15.9 Å². The molecule has 0 aliphatic carbocycles. The molecule has 32 heavy (non-hydrogen) atoms. The van der Waals surface area contributed by atoms with Crippen LogP contribution in [0.2, 0.25) is 0 Å². The fourth-order valence-electron chi connectivity index (χ4n) is 3.16. The van der Waals surface area contributed by atoms with Gasteiger partial charge in [-0.2, -0.15) is 4.98 Å². The molecule has 2 heterocycles. The zero-order valence-corrected chi connectivity index (χ0v) is 17.2. The van der Waals surface area contributed by atoms with Gasteiger partial charge in [-0.05, 0) is 48.5 Å². The summed E-state index contributed by atoms with van der Waals surface area (Å²) < 4.78 is 38.0. The molecule has 0 bridgehead atoms. The zero-order valence-electron chi connectivity index (χ0n) is 16.4. The Kier molecular flexibility index (Phi) is 4.79. The lowest BCUT2D eigenvalue weighted by Gasteiger charge is -2.08. The largest absolute Gasteiger partial charge is 0.422 e. The molecule has 1 N–H and O–H groups in total. The first-order valence-corrected chi connectivity index (χ1v) is 11.0. The summed E-state index contributed by atoms with van der Waals surface area (Å²) in [6, 6.07) is 23.3. The topological polar surface area (TPSA) is 115 Å². The predicted octanol–water partition coefficient (Wildman–Crippen LogP) is 4.31. The number of aromatic nitrogens is 2. The molecular formula is C23H15N3O5S. The fraction of sp³-hybridized carbons (Fsp3) is 0. The first kappa shape index (κ1) is 19.7. The number of hydrogen-bond acceptors (Lipinski definition) is 7. The van der Waals surface area contributed by atoms with Gasteiger partial charge in [0.15, 0.2) is 0 Å². The Bertz CT molecular complexity index is 1570. The van der Waals surface area contributed by atoms with Crippen molar-refractivity contribution in [2.45, 2.75) is 4.90 Å². The Hall–Kier alpha value is -4.24. The Balaban J connectivity index is 1.40. The van der Waals surface area contributed by atoms with Crippen molar-refractivity contribution < 1.29 is 17.4 Å². The van der Waals surface area contributed by atoms with E-state index in [1.807, 2.05) is 12.1 Å². The smallest absolute Gasteiger partial charge is 0.349 e. The first-order chi connectivity index (χ1) is 15.5. The van der Waals surface area contributed by atoms with E-state index in [1.54, 1.807) is 60.7 Å². The molecule has 0 saturated carbocycles. The van der Waals surface area contributed by atoms with Crippen molar-refractivity contribution in [3.05, 3.63) is 95.3 Å². The van der Waals surface area contributed by atoms with Gasteiger partial charge in [0.05, 0.1) is 4.90 Å². The van der Waals surface area contributed by atoms with Crippen LogP contribution in [0.4, 0.5) is 5.69 Å². The molecule has 0 aliphatic rings. The van der Waals surface area contributed by atoms with Crippen LogP contribution in [0.25, 0.3) is 33.8 Å². The van der Waals surface area contributed by atoms with Gasteiger partial charge in [0.2, 0.25) is 5.82 Å². The van der Waals surface area contributed by atoms with Crippen LogP contribution in [-0.4, -0.2) is 18.6 Å². The molecule has 158 valence electrons. The lowest BCUT2D eigenvalue weighted by molar-refractivity contribution is 0.429. The normalized spacial score (nSPS) is 11.5. The van der Waals surface area contributed by atoms with Crippen LogP contribution < -0.4 is 10.3 Å². The van der Waals surface area contributed by atoms with Crippen LogP contribution in [0.15, 0.2) is 104 Å². The number of fused-ring (bicyclic) bond motifs is 1. The SMILES string of the molecule is O=c1oc2ccccc2cc1-c1nc(-c2ccc(NS(=O)(=O)c3ccccc3)cc2)no1. The molecule has 0 amide bonds. The second-order valence-electron chi connectivity index (χ2n) is 6.90. The van der Waals surface area contributed by atoms with Crippen LogP contribution in [-0.2, 0) is 10.0 Å². The molecular weight excluding hydrogens is 430 g/mol. The van der Waals surface area contributed by atoms with E-state index in [4.69, 9.17) is 8.94 Å². The highest BCUT2D eigenvalue weighted by Gasteiger charge is 2.17. The van der Waals surface area contributed by atoms with Gasteiger partial charge < -0.3 is 8.94 Å². The number of sulfonamides is 1. The van der Waals surface area contributed by atoms with Gasteiger partial charge in [-0.15, -0.1) is 0 Å². The Morgan fingerprint density at radius 3 is 2.34 bits per heavy atom. The van der Waals surface area contributed by atoms with Crippen LogP contribution in [0.3, 0.4) is 0 Å². The van der Waals surface area contributed by atoms with Gasteiger partial charge in [0.1, 0.15) is 11.1 Å². The summed E-state index contributed by atoms with van der Waals surface area (Å²) >= 11 is 0. The van der Waals surface area contributed by atoms with Crippen molar-refractivity contribution in [2.75, 3.05) is 4.72 Å². The third-order valence-corrected chi connectivity index (χ3v) is 6.14. The Morgan fingerprint density at radius 2 is 1.56 bits per heavy atom. The lowest BCUT2D eigenvalue weighted by Crippen LogP contribution is -2.12. The molecule has 0 atom stereocenters. The van der Waals surface area contributed by atoms with E-state index in [0.29, 0.717) is 16.8 Å². The summed E-state index contributed by atoms with van der Waals surface area (Å²) in [6.07, 6.45) is 0. The maximum atomic E-state index is 12.5. The van der Waals surface area contributed by atoms with Gasteiger partial charge in [-0.3, -0.25) is 4.72 Å². The van der Waals surface area contributed by atoms with Gasteiger partial charge >= 0.3 is 5.63 Å². The molecule has 0 aliphatic heterocycles. The lowest BCUT2D eigenvalue weighted by atomic mass is 10.2. The summed E-state index contributed by atoms with van der Waals surface area (Å²) in [5, 5.41) is 4.66. The highest BCUT2D eigenvalue weighted by atomic mass is 32.2. The molecule has 0 radical (unpaired) electrons. The number of benzene rings is 3. The average Bonchev–Trinajstić information content (AvgIpc) is 3.29. The van der Waals surface area contributed by atoms with Crippen LogP contribution >= 0.6 is 0 Å². The number of hydrogen-bond donors (Lipinski definition) is 1. The highest BCUT2D eigenvalue weighted by molar-refractivity contribution is 7.92. The second-order valence-corrected chi connectivity index (χ2v) is 8.59. The molecule has 0 saturated heterocycles. The number of nitrogens with one attached hydrogen (secondary N) is 1. The van der Waals surface area contributed by atoms with Gasteiger partial charge in [-0.1, -0.05) is 41.6 Å². The van der Waals surface area contributed by atoms with E-state index in [-0.39, 0.29) is 22.2 Å². The Morgan fingerprint density at radius 1 is 0.844 bits per heavy atom. The summed E-state index contributed by atoms with van der Waals surface area (Å²) in [4.78, 5) is 16.8. The molecule has 8 nitrogen and oxygen atoms in total. The van der Waals surface area contributed by atoms with Crippen molar-refractivity contribution in [3.63, 3.8) is 0 Å². The maximum Gasteiger partial charge on any atom is 0.349 e. The van der Waals surface area contributed by atoms with E-state index in [2.05, 4.69) is 14.9 Å². The fourth-order valence-corrected chi connectivity index (χ4v) is 4.24. The van der Waals surface area contributed by atoms with E-state index < -0.39 is 15.6 Å². The molecule has 5 rings (SSSR count). The van der Waals surface area contributed by atoms with Crippen molar-refractivity contribution in [1.29, 1.82) is 0 Å². The molecule has 0 spiro atoms. The summed E-state index contributed by atoms with van der Waals surface area (Å²) in [7, 11) is -3.69. The van der Waals surface area contributed by atoms with Crippen molar-refractivity contribution in [3.8, 4) is 22.8 Å². The van der Waals surface area contributed by atoms with E-state index in [1.165, 1.54) is 12.1 Å². The summed E-state index contributed by atoms with van der Waals surface area (Å²) in [5.74, 6) is 0.290. The highest BCUT2D eigenvalue weighted by Crippen LogP contribution is 2.24. The predicted molar refractivity (Wildman–Crippen MR) is 118 cm³/mol. The van der Waals surface area contributed by atoms with Crippen molar-refractivity contribution in [2.24, 2.45) is 0 Å². The summed E-state index contributed by atoms with van der Waals surface area (Å²) in [6.45, 7) is 0. The standard InChI is InChI=1S/C23H15N3O5S/c27-23-19(14-16-6-4-5-9-20(16)30-23)22-24-21(25-31-22)15-10-12-17(13-11-15)26-32(28,29)18-7-2-1-3-8-18/h1-14,26H. The molecule has 0 fully saturated rings. The molecule has 3 aromatic carbocycles. The third kappa shape index (κ3) is 3.77. The first-order valence-electron chi connectivity index (χ1n) is 9.55. The number of nitrogens with zero attached hydrogens (tertiary/aromatic N) is 2. The monoisotopic (exact) mass is 445 g/mol.